The third kappa shape index (κ3) is 3.56. The van der Waals surface area contributed by atoms with E-state index < -0.39 is 0 Å². The van der Waals surface area contributed by atoms with Gasteiger partial charge in [-0.2, -0.15) is 5.10 Å². The number of aromatic nitrogens is 5. The lowest BCUT2D eigenvalue weighted by molar-refractivity contribution is 0.724. The number of anilines is 1. The summed E-state index contributed by atoms with van der Waals surface area (Å²) >= 11 is 0. The number of nitrogens with one attached hydrogen (secondary N) is 1. The zero-order chi connectivity index (χ0) is 19.6. The lowest BCUT2D eigenvalue weighted by Crippen LogP contribution is -2.28. The van der Waals surface area contributed by atoms with Gasteiger partial charge in [-0.05, 0) is 38.1 Å². The number of nitrogens with zero attached hydrogens (tertiary/aromatic N) is 6. The molecule has 0 saturated carbocycles. The zero-order valence-electron chi connectivity index (χ0n) is 16.4. The summed E-state index contributed by atoms with van der Waals surface area (Å²) in [5.74, 6) is 1.82. The van der Waals surface area contributed by atoms with Crippen LogP contribution in [0, 0.1) is 6.92 Å². The molecule has 146 valence electrons. The van der Waals surface area contributed by atoms with Crippen molar-refractivity contribution in [1.29, 1.82) is 0 Å². The molecule has 1 aliphatic heterocycles. The van der Waals surface area contributed by atoms with Gasteiger partial charge in [0.05, 0.1) is 29.3 Å². The van der Waals surface area contributed by atoms with Gasteiger partial charge in [-0.1, -0.05) is 18.2 Å². The van der Waals surface area contributed by atoms with Crippen LogP contribution in [0.2, 0.25) is 0 Å². The van der Waals surface area contributed by atoms with Crippen LogP contribution in [0.3, 0.4) is 0 Å². The molecule has 0 radical (unpaired) electrons. The highest BCUT2D eigenvalue weighted by Gasteiger charge is 2.13. The first-order valence-electron chi connectivity index (χ1n) is 9.98. The fourth-order valence-corrected chi connectivity index (χ4v) is 3.74. The van der Waals surface area contributed by atoms with E-state index in [4.69, 9.17) is 4.98 Å². The Hall–Kier alpha value is -3.32. The molecule has 0 unspecified atom stereocenters. The topological polar surface area (TPSA) is 71.8 Å². The summed E-state index contributed by atoms with van der Waals surface area (Å²) in [6.07, 6.45) is 6.56. The molecule has 1 fully saturated rings. The van der Waals surface area contributed by atoms with Crippen LogP contribution in [0.4, 0.5) is 5.82 Å². The van der Waals surface area contributed by atoms with Crippen LogP contribution in [0.25, 0.3) is 28.0 Å². The Morgan fingerprint density at radius 2 is 1.86 bits per heavy atom. The van der Waals surface area contributed by atoms with Crippen LogP contribution in [-0.4, -0.2) is 50.9 Å². The number of pyridine rings is 1. The van der Waals surface area contributed by atoms with E-state index in [9.17, 15) is 0 Å². The molecule has 29 heavy (non-hydrogen) atoms. The Morgan fingerprint density at radius 3 is 2.79 bits per heavy atom. The fourth-order valence-electron chi connectivity index (χ4n) is 3.74. The highest BCUT2D eigenvalue weighted by Crippen LogP contribution is 2.25. The molecule has 1 aliphatic rings. The number of rotatable bonds is 3. The van der Waals surface area contributed by atoms with Crippen LogP contribution in [0.15, 0.2) is 55.0 Å². The maximum absolute atomic E-state index is 4.92. The smallest absolute Gasteiger partial charge is 0.156 e. The summed E-state index contributed by atoms with van der Waals surface area (Å²) < 4.78 is 1.90. The van der Waals surface area contributed by atoms with Gasteiger partial charge >= 0.3 is 0 Å². The van der Waals surface area contributed by atoms with Gasteiger partial charge in [0.25, 0.3) is 0 Å². The van der Waals surface area contributed by atoms with Crippen molar-refractivity contribution >= 4 is 16.7 Å². The van der Waals surface area contributed by atoms with E-state index in [-0.39, 0.29) is 0 Å². The lowest BCUT2D eigenvalue weighted by Gasteiger charge is -2.21. The van der Waals surface area contributed by atoms with E-state index >= 15 is 0 Å². The quantitative estimate of drug-likeness (QED) is 0.585. The Bertz CT molecular complexity index is 1140. The first-order valence-corrected chi connectivity index (χ1v) is 9.98. The number of aryl methyl sites for hydroxylation is 1. The van der Waals surface area contributed by atoms with Crippen molar-refractivity contribution in [2.75, 3.05) is 31.1 Å². The summed E-state index contributed by atoms with van der Waals surface area (Å²) in [5, 5.41) is 9.12. The zero-order valence-corrected chi connectivity index (χ0v) is 16.4. The summed E-state index contributed by atoms with van der Waals surface area (Å²) in [6.45, 7) is 5.97. The highest BCUT2D eigenvalue weighted by molar-refractivity contribution is 5.84. The molecule has 0 amide bonds. The van der Waals surface area contributed by atoms with Crippen molar-refractivity contribution in [3.63, 3.8) is 0 Å². The van der Waals surface area contributed by atoms with Gasteiger partial charge in [0, 0.05) is 36.8 Å². The van der Waals surface area contributed by atoms with Crippen molar-refractivity contribution in [3.05, 3.63) is 60.7 Å². The molecule has 7 heteroatoms. The van der Waals surface area contributed by atoms with Crippen LogP contribution in [-0.2, 0) is 0 Å². The molecule has 0 aliphatic carbocycles. The van der Waals surface area contributed by atoms with Gasteiger partial charge in [-0.3, -0.25) is 4.98 Å². The van der Waals surface area contributed by atoms with E-state index in [1.54, 1.807) is 12.4 Å². The number of fused-ring (bicyclic) bond motifs is 1. The largest absolute Gasteiger partial charge is 0.355 e. The van der Waals surface area contributed by atoms with Crippen molar-refractivity contribution in [3.8, 4) is 17.1 Å². The molecule has 1 saturated heterocycles. The molecule has 1 aromatic carbocycles. The van der Waals surface area contributed by atoms with Gasteiger partial charge in [0.15, 0.2) is 5.82 Å². The average molecular weight is 385 g/mol. The van der Waals surface area contributed by atoms with E-state index in [0.717, 1.165) is 72.1 Å². The molecule has 7 nitrogen and oxygen atoms in total. The number of hydrogen-bond donors (Lipinski definition) is 1. The number of benzene rings is 1. The predicted molar refractivity (Wildman–Crippen MR) is 114 cm³/mol. The minimum atomic E-state index is 0.821. The van der Waals surface area contributed by atoms with Crippen molar-refractivity contribution in [2.24, 2.45) is 0 Å². The van der Waals surface area contributed by atoms with Crippen LogP contribution >= 0.6 is 0 Å². The van der Waals surface area contributed by atoms with Crippen molar-refractivity contribution in [2.45, 2.75) is 13.3 Å². The minimum absolute atomic E-state index is 0.821. The molecular formula is C22H23N7. The Balaban J connectivity index is 1.55. The van der Waals surface area contributed by atoms with E-state index in [1.165, 1.54) is 0 Å². The van der Waals surface area contributed by atoms with Crippen molar-refractivity contribution in [1.82, 2.24) is 30.0 Å². The monoisotopic (exact) mass is 385 g/mol. The maximum Gasteiger partial charge on any atom is 0.156 e. The molecule has 0 bridgehead atoms. The molecule has 0 atom stereocenters. The summed E-state index contributed by atoms with van der Waals surface area (Å²) in [5.41, 5.74) is 3.79. The minimum Gasteiger partial charge on any atom is -0.355 e. The van der Waals surface area contributed by atoms with Gasteiger partial charge in [-0.25, -0.2) is 14.6 Å². The highest BCUT2D eigenvalue weighted by atomic mass is 15.3. The second kappa shape index (κ2) is 7.60. The number of hydrogen-bond acceptors (Lipinski definition) is 6. The summed E-state index contributed by atoms with van der Waals surface area (Å²) in [4.78, 5) is 16.1. The van der Waals surface area contributed by atoms with Crippen LogP contribution in [0.5, 0.6) is 0 Å². The molecule has 5 rings (SSSR count). The normalized spacial score (nSPS) is 14.9. The fraction of sp³-hybridized carbons (Fsp3) is 0.273. The summed E-state index contributed by atoms with van der Waals surface area (Å²) in [6, 6.07) is 12.4. The third-order valence-corrected chi connectivity index (χ3v) is 5.22. The molecule has 4 aromatic rings. The SMILES string of the molecule is Cc1cncc(-c2ccc3cnn(-c4cccc(N5CCCNCC5)n4)c3c2)n1. The van der Waals surface area contributed by atoms with E-state index in [0.29, 0.717) is 0 Å². The van der Waals surface area contributed by atoms with Crippen LogP contribution in [0.1, 0.15) is 12.1 Å². The van der Waals surface area contributed by atoms with Gasteiger partial charge in [0.1, 0.15) is 5.82 Å². The maximum atomic E-state index is 4.92. The molecule has 1 N–H and O–H groups in total. The van der Waals surface area contributed by atoms with E-state index in [2.05, 4.69) is 55.6 Å². The standard InChI is InChI=1S/C22H23N7/c1-16-13-24-15-19(26-16)17-6-7-18-14-25-29(20(18)12-17)22-5-2-4-21(27-22)28-10-3-8-23-9-11-28/h2,4-7,12-15,23H,3,8-11H2,1H3. The molecule has 4 heterocycles. The first-order chi connectivity index (χ1) is 14.3. The third-order valence-electron chi connectivity index (χ3n) is 5.22. The second-order valence-electron chi connectivity index (χ2n) is 7.32. The molecule has 0 spiro atoms. The molecule has 3 aromatic heterocycles. The van der Waals surface area contributed by atoms with Crippen LogP contribution < -0.4 is 10.2 Å². The van der Waals surface area contributed by atoms with Crippen molar-refractivity contribution < 1.29 is 0 Å². The van der Waals surface area contributed by atoms with Gasteiger partial charge < -0.3 is 10.2 Å². The predicted octanol–water partition coefficient (Wildman–Crippen LogP) is 2.99. The second-order valence-corrected chi connectivity index (χ2v) is 7.32. The lowest BCUT2D eigenvalue weighted by atomic mass is 10.1. The Morgan fingerprint density at radius 1 is 0.931 bits per heavy atom. The Labute approximate surface area is 169 Å². The average Bonchev–Trinajstić information content (AvgIpc) is 2.98. The van der Waals surface area contributed by atoms with Gasteiger partial charge in [-0.15, -0.1) is 0 Å². The first kappa shape index (κ1) is 17.8. The Kier molecular flexibility index (Phi) is 4.65. The van der Waals surface area contributed by atoms with E-state index in [1.807, 2.05) is 23.9 Å². The summed E-state index contributed by atoms with van der Waals surface area (Å²) in [7, 11) is 0. The van der Waals surface area contributed by atoms with Gasteiger partial charge in [0.2, 0.25) is 0 Å². The molecular weight excluding hydrogens is 362 g/mol.